The molecule has 39 heavy (non-hydrogen) atoms. The van der Waals surface area contributed by atoms with Crippen molar-refractivity contribution in [2.45, 2.75) is 13.5 Å². The van der Waals surface area contributed by atoms with Crippen molar-refractivity contribution in [1.29, 1.82) is 0 Å². The fourth-order valence-electron chi connectivity index (χ4n) is 4.65. The fourth-order valence-corrected chi connectivity index (χ4v) is 5.17. The highest BCUT2D eigenvalue weighted by Crippen LogP contribution is 2.39. The quantitative estimate of drug-likeness (QED) is 0.345. The molecule has 0 aliphatic carbocycles. The van der Waals surface area contributed by atoms with Gasteiger partial charge >= 0.3 is 0 Å². The van der Waals surface area contributed by atoms with Crippen LogP contribution in [-0.4, -0.2) is 63.7 Å². The molecule has 12 nitrogen and oxygen atoms in total. The summed E-state index contributed by atoms with van der Waals surface area (Å²) in [7, 11) is -1.45. The van der Waals surface area contributed by atoms with Gasteiger partial charge in [0.25, 0.3) is 11.5 Å². The number of para-hydroxylation sites is 1. The molecule has 1 aromatic carbocycles. The van der Waals surface area contributed by atoms with E-state index >= 15 is 0 Å². The Labute approximate surface area is 225 Å². The van der Waals surface area contributed by atoms with Gasteiger partial charge in [-0.1, -0.05) is 18.7 Å². The Morgan fingerprint density at radius 1 is 1.21 bits per heavy atom. The molecular weight excluding hydrogens is 520 g/mol. The summed E-state index contributed by atoms with van der Waals surface area (Å²) in [4.78, 5) is 38.6. The molecule has 4 heterocycles. The van der Waals surface area contributed by atoms with Crippen molar-refractivity contribution in [3.8, 4) is 0 Å². The number of carbonyl (C=O) groups excluding carboxylic acids is 1. The third-order valence-corrected chi connectivity index (χ3v) is 7.49. The topological polar surface area (TPSA) is 135 Å². The molecule has 4 aromatic rings. The molecule has 3 aromatic heterocycles. The Morgan fingerprint density at radius 2 is 2.00 bits per heavy atom. The van der Waals surface area contributed by atoms with Crippen LogP contribution in [-0.2, 0) is 28.2 Å². The van der Waals surface area contributed by atoms with Crippen LogP contribution in [0.2, 0.25) is 0 Å². The number of nitrogens with one attached hydrogen (secondary N) is 1. The summed E-state index contributed by atoms with van der Waals surface area (Å²) >= 11 is 0. The zero-order chi connectivity index (χ0) is 27.9. The molecule has 1 aliphatic rings. The SMILES string of the molecule is C=CC(=O)N1CCN(c2cc3cnc(Nc4cnn(CCS(C)(=O)=O)c4)nc3n(C)c2=O)c2cccc(C)c21. The maximum absolute atomic E-state index is 13.6. The molecule has 0 spiro atoms. The third-order valence-electron chi connectivity index (χ3n) is 6.57. The second-order valence-electron chi connectivity index (χ2n) is 9.40. The van der Waals surface area contributed by atoms with E-state index in [-0.39, 0.29) is 29.7 Å². The van der Waals surface area contributed by atoms with Crippen molar-refractivity contribution >= 4 is 55.5 Å². The second-order valence-corrected chi connectivity index (χ2v) is 11.7. The molecule has 0 radical (unpaired) electrons. The van der Waals surface area contributed by atoms with E-state index in [0.29, 0.717) is 35.5 Å². The van der Waals surface area contributed by atoms with Crippen molar-refractivity contribution < 1.29 is 13.2 Å². The van der Waals surface area contributed by atoms with Gasteiger partial charge in [0, 0.05) is 44.2 Å². The van der Waals surface area contributed by atoms with Crippen molar-refractivity contribution in [2.75, 3.05) is 40.2 Å². The van der Waals surface area contributed by atoms with Crippen molar-refractivity contribution in [2.24, 2.45) is 7.05 Å². The maximum Gasteiger partial charge on any atom is 0.275 e. The van der Waals surface area contributed by atoms with Gasteiger partial charge in [0.1, 0.15) is 21.2 Å². The average molecular weight is 549 g/mol. The van der Waals surface area contributed by atoms with Crippen molar-refractivity contribution in [3.63, 3.8) is 0 Å². The van der Waals surface area contributed by atoms with Crippen LogP contribution in [0.3, 0.4) is 0 Å². The summed E-state index contributed by atoms with van der Waals surface area (Å²) in [5.41, 5.74) is 3.68. The Hall–Kier alpha value is -4.52. The number of pyridine rings is 1. The van der Waals surface area contributed by atoms with Crippen LogP contribution in [0.15, 0.2) is 60.3 Å². The average Bonchev–Trinajstić information content (AvgIpc) is 3.36. The lowest BCUT2D eigenvalue weighted by Gasteiger charge is -2.38. The number of nitrogens with zero attached hydrogens (tertiary/aromatic N) is 7. The zero-order valence-corrected chi connectivity index (χ0v) is 22.6. The molecule has 0 saturated carbocycles. The number of sulfone groups is 1. The number of aryl methyl sites for hydroxylation is 3. The highest BCUT2D eigenvalue weighted by molar-refractivity contribution is 7.90. The van der Waals surface area contributed by atoms with Crippen LogP contribution >= 0.6 is 0 Å². The molecule has 0 saturated heterocycles. The lowest BCUT2D eigenvalue weighted by Crippen LogP contribution is -2.43. The number of anilines is 5. The number of rotatable bonds is 7. The van der Waals surface area contributed by atoms with E-state index in [2.05, 4.69) is 27.0 Å². The molecule has 202 valence electrons. The van der Waals surface area contributed by atoms with Gasteiger partial charge in [-0.15, -0.1) is 0 Å². The first-order valence-electron chi connectivity index (χ1n) is 12.2. The smallest absolute Gasteiger partial charge is 0.275 e. The van der Waals surface area contributed by atoms with Gasteiger partial charge in [-0.05, 0) is 30.7 Å². The lowest BCUT2D eigenvalue weighted by atomic mass is 10.1. The van der Waals surface area contributed by atoms with E-state index in [9.17, 15) is 18.0 Å². The van der Waals surface area contributed by atoms with Gasteiger partial charge in [0.15, 0.2) is 0 Å². The molecule has 5 rings (SSSR count). The molecule has 0 atom stereocenters. The lowest BCUT2D eigenvalue weighted by molar-refractivity contribution is -0.114. The Kier molecular flexibility index (Phi) is 6.68. The summed E-state index contributed by atoms with van der Waals surface area (Å²) in [5.74, 6) is 0.0609. The summed E-state index contributed by atoms with van der Waals surface area (Å²) in [6.45, 7) is 6.62. The van der Waals surface area contributed by atoms with Gasteiger partial charge in [0.05, 0.1) is 35.6 Å². The van der Waals surface area contributed by atoms with Crippen molar-refractivity contribution in [3.05, 3.63) is 71.4 Å². The van der Waals surface area contributed by atoms with Crippen molar-refractivity contribution in [1.82, 2.24) is 24.3 Å². The normalized spacial score (nSPS) is 13.4. The van der Waals surface area contributed by atoms with E-state index in [0.717, 1.165) is 16.9 Å². The molecule has 0 bridgehead atoms. The first-order valence-corrected chi connectivity index (χ1v) is 14.3. The first-order chi connectivity index (χ1) is 18.6. The predicted octanol–water partition coefficient (Wildman–Crippen LogP) is 2.29. The summed E-state index contributed by atoms with van der Waals surface area (Å²) in [6, 6.07) is 7.50. The third kappa shape index (κ3) is 5.12. The molecular formula is C26H28N8O4S. The number of carbonyl (C=O) groups is 1. The van der Waals surface area contributed by atoms with E-state index in [4.69, 9.17) is 0 Å². The maximum atomic E-state index is 13.6. The first kappa shape index (κ1) is 26.1. The summed E-state index contributed by atoms with van der Waals surface area (Å²) in [5, 5.41) is 7.88. The highest BCUT2D eigenvalue weighted by Gasteiger charge is 2.29. The Bertz CT molecular complexity index is 1780. The predicted molar refractivity (Wildman–Crippen MR) is 151 cm³/mol. The molecule has 1 amide bonds. The molecule has 13 heteroatoms. The minimum absolute atomic E-state index is 0.0192. The number of aromatic nitrogens is 5. The standard InChI is InChI=1S/C26H28N8O4S/c1-5-22(35)34-10-9-33(20-8-6-7-17(2)23(20)34)21-13-18-14-27-26(30-24(18)31(3)25(21)36)29-19-15-28-32(16-19)11-12-39(4,37)38/h5-8,13-16H,1,9-12H2,2-4H3,(H,27,29,30). The van der Waals surface area contributed by atoms with Crippen LogP contribution in [0.5, 0.6) is 0 Å². The molecule has 1 N–H and O–H groups in total. The van der Waals surface area contributed by atoms with Crippen LogP contribution in [0, 0.1) is 6.92 Å². The zero-order valence-electron chi connectivity index (χ0n) is 21.8. The van der Waals surface area contributed by atoms with Gasteiger partial charge < -0.3 is 15.1 Å². The minimum Gasteiger partial charge on any atom is -0.333 e. The second kappa shape index (κ2) is 9.98. The Balaban J connectivity index is 1.47. The monoisotopic (exact) mass is 548 g/mol. The van der Waals surface area contributed by atoms with Gasteiger partial charge in [-0.2, -0.15) is 10.1 Å². The van der Waals surface area contributed by atoms with E-state index < -0.39 is 9.84 Å². The molecule has 0 fully saturated rings. The number of hydrogen-bond donors (Lipinski definition) is 1. The van der Waals surface area contributed by atoms with Crippen LogP contribution in [0.4, 0.5) is 28.7 Å². The number of hydrogen-bond acceptors (Lipinski definition) is 9. The minimum atomic E-state index is -3.11. The molecule has 1 aliphatic heterocycles. The summed E-state index contributed by atoms with van der Waals surface area (Å²) in [6.07, 6.45) is 7.32. The van der Waals surface area contributed by atoms with E-state index in [1.807, 2.05) is 30.0 Å². The van der Waals surface area contributed by atoms with Gasteiger partial charge in [0.2, 0.25) is 5.95 Å². The van der Waals surface area contributed by atoms with Crippen LogP contribution in [0.1, 0.15) is 5.56 Å². The van der Waals surface area contributed by atoms with Crippen LogP contribution in [0.25, 0.3) is 11.0 Å². The van der Waals surface area contributed by atoms with E-state index in [1.54, 1.807) is 36.6 Å². The number of benzene rings is 1. The largest absolute Gasteiger partial charge is 0.333 e. The van der Waals surface area contributed by atoms with Gasteiger partial charge in [-0.3, -0.25) is 18.8 Å². The molecule has 0 unspecified atom stereocenters. The highest BCUT2D eigenvalue weighted by atomic mass is 32.2. The van der Waals surface area contributed by atoms with Crippen LogP contribution < -0.4 is 20.7 Å². The summed E-state index contributed by atoms with van der Waals surface area (Å²) < 4.78 is 25.8. The fraction of sp³-hybridized carbons (Fsp3) is 0.269. The number of fused-ring (bicyclic) bond motifs is 2. The Morgan fingerprint density at radius 3 is 2.74 bits per heavy atom. The van der Waals surface area contributed by atoms with Gasteiger partial charge in [-0.25, -0.2) is 13.4 Å². The number of amides is 1. The van der Waals surface area contributed by atoms with E-state index in [1.165, 1.54) is 21.6 Å².